The summed E-state index contributed by atoms with van der Waals surface area (Å²) in [6.45, 7) is 2.16. The quantitative estimate of drug-likeness (QED) is 0.895. The van der Waals surface area contributed by atoms with Crippen molar-refractivity contribution in [2.45, 2.75) is 37.6 Å². The van der Waals surface area contributed by atoms with Crippen LogP contribution in [0.5, 0.6) is 0 Å². The molecule has 0 unspecified atom stereocenters. The van der Waals surface area contributed by atoms with Gasteiger partial charge in [0.25, 0.3) is 0 Å². The van der Waals surface area contributed by atoms with Crippen LogP contribution < -0.4 is 5.73 Å². The molecule has 3 rings (SSSR count). The Hall–Kier alpha value is -1.68. The first kappa shape index (κ1) is 11.4. The van der Waals surface area contributed by atoms with Crippen LogP contribution >= 0.6 is 0 Å². The van der Waals surface area contributed by atoms with Gasteiger partial charge >= 0.3 is 0 Å². The summed E-state index contributed by atoms with van der Waals surface area (Å²) < 4.78 is 5.28. The van der Waals surface area contributed by atoms with Crippen LogP contribution in [-0.4, -0.2) is 10.1 Å². The van der Waals surface area contributed by atoms with Crippen molar-refractivity contribution in [3.63, 3.8) is 0 Å². The Bertz CT molecular complexity index is 531. The minimum Gasteiger partial charge on any atom is -0.338 e. The molecule has 1 heterocycles. The highest BCUT2D eigenvalue weighted by molar-refractivity contribution is 5.18. The maximum absolute atomic E-state index is 6.11. The van der Waals surface area contributed by atoms with E-state index in [-0.39, 0.29) is 11.5 Å². The van der Waals surface area contributed by atoms with Gasteiger partial charge in [-0.3, -0.25) is 0 Å². The molecule has 4 nitrogen and oxygen atoms in total. The van der Waals surface area contributed by atoms with Crippen molar-refractivity contribution in [2.24, 2.45) is 5.73 Å². The van der Waals surface area contributed by atoms with Crippen molar-refractivity contribution >= 4 is 0 Å². The Morgan fingerprint density at radius 1 is 1.33 bits per heavy atom. The molecular formula is C14H17N3O. The molecule has 1 saturated carbocycles. The third-order valence-corrected chi connectivity index (χ3v) is 3.60. The second-order valence-corrected chi connectivity index (χ2v) is 5.31. The molecule has 0 radical (unpaired) electrons. The maximum atomic E-state index is 6.11. The van der Waals surface area contributed by atoms with E-state index in [1.165, 1.54) is 5.56 Å². The lowest BCUT2D eigenvalue weighted by atomic mass is 10.1. The molecule has 1 aliphatic rings. The zero-order chi connectivity index (χ0) is 12.6. The van der Waals surface area contributed by atoms with Crippen LogP contribution in [0.4, 0.5) is 0 Å². The minimum absolute atomic E-state index is 0.133. The minimum atomic E-state index is -0.226. The van der Waals surface area contributed by atoms with E-state index in [4.69, 9.17) is 10.3 Å². The Morgan fingerprint density at radius 2 is 2.06 bits per heavy atom. The molecule has 1 fully saturated rings. The van der Waals surface area contributed by atoms with Crippen molar-refractivity contribution in [1.82, 2.24) is 10.1 Å². The van der Waals surface area contributed by atoms with Crippen molar-refractivity contribution in [2.75, 3.05) is 0 Å². The zero-order valence-electron chi connectivity index (χ0n) is 10.5. The van der Waals surface area contributed by atoms with Gasteiger partial charge in [-0.05, 0) is 24.8 Å². The number of hydrogen-bond acceptors (Lipinski definition) is 4. The van der Waals surface area contributed by atoms with Gasteiger partial charge in [0.2, 0.25) is 5.89 Å². The average molecular weight is 243 g/mol. The molecule has 94 valence electrons. The van der Waals surface area contributed by atoms with Gasteiger partial charge in [0, 0.05) is 5.41 Å². The lowest BCUT2D eigenvalue weighted by Gasteiger charge is -2.06. The lowest BCUT2D eigenvalue weighted by Crippen LogP contribution is -2.14. The van der Waals surface area contributed by atoms with Gasteiger partial charge in [0.15, 0.2) is 5.82 Å². The fourth-order valence-electron chi connectivity index (χ4n) is 2.00. The predicted octanol–water partition coefficient (Wildman–Crippen LogP) is 2.36. The van der Waals surface area contributed by atoms with Crippen molar-refractivity contribution in [3.8, 4) is 0 Å². The lowest BCUT2D eigenvalue weighted by molar-refractivity contribution is 0.347. The van der Waals surface area contributed by atoms with Crippen LogP contribution in [0.3, 0.4) is 0 Å². The first-order valence-corrected chi connectivity index (χ1v) is 6.31. The summed E-state index contributed by atoms with van der Waals surface area (Å²) in [4.78, 5) is 4.44. The number of nitrogens with zero attached hydrogens (tertiary/aromatic N) is 2. The van der Waals surface area contributed by atoms with E-state index in [2.05, 4.69) is 29.2 Å². The monoisotopic (exact) mass is 243 g/mol. The molecule has 1 aromatic heterocycles. The van der Waals surface area contributed by atoms with Crippen LogP contribution in [0.2, 0.25) is 0 Å². The van der Waals surface area contributed by atoms with Crippen LogP contribution in [0.15, 0.2) is 34.9 Å². The third kappa shape index (κ3) is 2.16. The molecular weight excluding hydrogens is 226 g/mol. The molecule has 0 amide bonds. The summed E-state index contributed by atoms with van der Waals surface area (Å²) in [5.41, 5.74) is 7.42. The molecule has 0 spiro atoms. The maximum Gasteiger partial charge on any atom is 0.243 e. The SMILES string of the molecule is CC1(c2noc([C@H](N)Cc3ccccc3)n2)CC1. The van der Waals surface area contributed by atoms with Gasteiger partial charge in [-0.15, -0.1) is 0 Å². The number of rotatable bonds is 4. The van der Waals surface area contributed by atoms with Crippen LogP contribution in [0.1, 0.15) is 43.1 Å². The normalized spacial score (nSPS) is 18.6. The van der Waals surface area contributed by atoms with Gasteiger partial charge in [-0.25, -0.2) is 0 Å². The summed E-state index contributed by atoms with van der Waals surface area (Å²) in [7, 11) is 0. The second-order valence-electron chi connectivity index (χ2n) is 5.31. The highest BCUT2D eigenvalue weighted by Crippen LogP contribution is 2.46. The van der Waals surface area contributed by atoms with Crippen LogP contribution in [0, 0.1) is 0 Å². The molecule has 2 N–H and O–H groups in total. The first-order chi connectivity index (χ1) is 8.67. The average Bonchev–Trinajstić information content (AvgIpc) is 2.95. The topological polar surface area (TPSA) is 64.9 Å². The number of benzene rings is 1. The number of hydrogen-bond donors (Lipinski definition) is 1. The Morgan fingerprint density at radius 3 is 2.72 bits per heavy atom. The molecule has 18 heavy (non-hydrogen) atoms. The van der Waals surface area contributed by atoms with Gasteiger partial charge in [0.05, 0.1) is 6.04 Å². The van der Waals surface area contributed by atoms with E-state index in [0.717, 1.165) is 25.1 Å². The van der Waals surface area contributed by atoms with Gasteiger partial charge in [-0.2, -0.15) is 4.98 Å². The van der Waals surface area contributed by atoms with E-state index in [9.17, 15) is 0 Å². The van der Waals surface area contributed by atoms with Gasteiger partial charge in [0.1, 0.15) is 0 Å². The molecule has 0 saturated heterocycles. The molecule has 0 aliphatic heterocycles. The van der Waals surface area contributed by atoms with Gasteiger partial charge < -0.3 is 10.3 Å². The second kappa shape index (κ2) is 4.21. The summed E-state index contributed by atoms with van der Waals surface area (Å²) in [6.07, 6.45) is 3.00. The summed E-state index contributed by atoms with van der Waals surface area (Å²) >= 11 is 0. The number of aromatic nitrogens is 2. The molecule has 1 aliphatic carbocycles. The van der Waals surface area contributed by atoms with Crippen molar-refractivity contribution in [1.29, 1.82) is 0 Å². The molecule has 1 aromatic carbocycles. The van der Waals surface area contributed by atoms with E-state index >= 15 is 0 Å². The highest BCUT2D eigenvalue weighted by atomic mass is 16.5. The summed E-state index contributed by atoms with van der Waals surface area (Å²) in [5, 5.41) is 4.05. The van der Waals surface area contributed by atoms with Crippen LogP contribution in [-0.2, 0) is 11.8 Å². The van der Waals surface area contributed by atoms with Crippen LogP contribution in [0.25, 0.3) is 0 Å². The van der Waals surface area contributed by atoms with Gasteiger partial charge in [-0.1, -0.05) is 42.4 Å². The summed E-state index contributed by atoms with van der Waals surface area (Å²) in [6, 6.07) is 9.89. The zero-order valence-corrected chi connectivity index (χ0v) is 10.5. The highest BCUT2D eigenvalue weighted by Gasteiger charge is 2.43. The van der Waals surface area contributed by atoms with E-state index in [1.807, 2.05) is 18.2 Å². The predicted molar refractivity (Wildman–Crippen MR) is 68.0 cm³/mol. The molecule has 4 heteroatoms. The fraction of sp³-hybridized carbons (Fsp3) is 0.429. The van der Waals surface area contributed by atoms with E-state index in [0.29, 0.717) is 5.89 Å². The Kier molecular flexibility index (Phi) is 2.67. The van der Waals surface area contributed by atoms with Crippen molar-refractivity contribution < 1.29 is 4.52 Å². The Balaban J connectivity index is 1.72. The smallest absolute Gasteiger partial charge is 0.243 e. The molecule has 0 bridgehead atoms. The van der Waals surface area contributed by atoms with E-state index in [1.54, 1.807) is 0 Å². The first-order valence-electron chi connectivity index (χ1n) is 6.31. The number of nitrogens with two attached hydrogens (primary N) is 1. The largest absolute Gasteiger partial charge is 0.338 e. The Labute approximate surface area is 106 Å². The third-order valence-electron chi connectivity index (χ3n) is 3.60. The molecule has 1 atom stereocenters. The van der Waals surface area contributed by atoms with E-state index < -0.39 is 0 Å². The molecule has 2 aromatic rings. The standard InChI is InChI=1S/C14H17N3O/c1-14(7-8-14)13-16-12(18-17-13)11(15)9-10-5-3-2-4-6-10/h2-6,11H,7-9,15H2,1H3/t11-/m1/s1. The summed E-state index contributed by atoms with van der Waals surface area (Å²) in [5.74, 6) is 1.35. The van der Waals surface area contributed by atoms with Crippen molar-refractivity contribution in [3.05, 3.63) is 47.6 Å². The fourth-order valence-corrected chi connectivity index (χ4v) is 2.00.